The molecule has 1 heterocycles. The van der Waals surface area contributed by atoms with Crippen molar-refractivity contribution in [3.05, 3.63) is 70.8 Å². The summed E-state index contributed by atoms with van der Waals surface area (Å²) in [6.07, 6.45) is 3.37. The van der Waals surface area contributed by atoms with Crippen LogP contribution in [0.15, 0.2) is 53.7 Å². The van der Waals surface area contributed by atoms with E-state index in [1.165, 1.54) is 28.7 Å². The largest absolute Gasteiger partial charge is 0.411 e. The van der Waals surface area contributed by atoms with Crippen LogP contribution < -0.4 is 5.32 Å². The fraction of sp³-hybridized carbons (Fsp3) is 0.409. The normalized spacial score (nSPS) is 28.6. The summed E-state index contributed by atoms with van der Waals surface area (Å²) in [5, 5.41) is 17.5. The van der Waals surface area contributed by atoms with Crippen molar-refractivity contribution in [1.29, 1.82) is 0 Å². The Hall–Kier alpha value is -2.13. The quantitative estimate of drug-likeness (QED) is 0.604. The highest BCUT2D eigenvalue weighted by molar-refractivity contribution is 5.91. The van der Waals surface area contributed by atoms with E-state index in [-0.39, 0.29) is 23.9 Å². The van der Waals surface area contributed by atoms with E-state index in [0.717, 1.165) is 18.6 Å². The highest BCUT2D eigenvalue weighted by Crippen LogP contribution is 2.46. The van der Waals surface area contributed by atoms with E-state index in [9.17, 15) is 5.21 Å². The lowest BCUT2D eigenvalue weighted by Gasteiger charge is -2.47. The second kappa shape index (κ2) is 6.64. The van der Waals surface area contributed by atoms with E-state index in [4.69, 9.17) is 0 Å². The maximum Gasteiger partial charge on any atom is 0.0670 e. The highest BCUT2D eigenvalue weighted by atomic mass is 16.4. The zero-order chi connectivity index (χ0) is 17.4. The van der Waals surface area contributed by atoms with Crippen molar-refractivity contribution < 1.29 is 5.21 Å². The summed E-state index contributed by atoms with van der Waals surface area (Å²) >= 11 is 0. The Morgan fingerprint density at radius 3 is 1.64 bits per heavy atom. The van der Waals surface area contributed by atoms with Crippen LogP contribution in [0, 0.1) is 25.7 Å². The number of aryl methyl sites for hydroxylation is 2. The molecular weight excluding hydrogens is 308 g/mol. The Bertz CT molecular complexity index is 702. The van der Waals surface area contributed by atoms with E-state index in [1.807, 2.05) is 0 Å². The van der Waals surface area contributed by atoms with Gasteiger partial charge in [0.15, 0.2) is 0 Å². The molecule has 2 bridgehead atoms. The molecule has 130 valence electrons. The van der Waals surface area contributed by atoms with Crippen LogP contribution in [0.5, 0.6) is 0 Å². The summed E-state index contributed by atoms with van der Waals surface area (Å²) in [6, 6.07) is 17.9. The molecule has 2 N–H and O–H groups in total. The number of piperidine rings is 1. The zero-order valence-corrected chi connectivity index (χ0v) is 14.9. The maximum absolute atomic E-state index is 9.77. The van der Waals surface area contributed by atoms with Crippen molar-refractivity contribution in [2.75, 3.05) is 0 Å². The molecule has 4 atom stereocenters. The van der Waals surface area contributed by atoms with E-state index in [0.29, 0.717) is 0 Å². The van der Waals surface area contributed by atoms with Crippen LogP contribution in [0.25, 0.3) is 0 Å². The average Bonchev–Trinajstić information content (AvgIpc) is 2.63. The van der Waals surface area contributed by atoms with Gasteiger partial charge in [-0.25, -0.2) is 0 Å². The Morgan fingerprint density at radius 2 is 1.24 bits per heavy atom. The van der Waals surface area contributed by atoms with Crippen LogP contribution in [-0.4, -0.2) is 10.9 Å². The van der Waals surface area contributed by atoms with Gasteiger partial charge in [-0.2, -0.15) is 0 Å². The molecule has 0 aromatic heterocycles. The van der Waals surface area contributed by atoms with Gasteiger partial charge in [0.25, 0.3) is 0 Å². The predicted octanol–water partition coefficient (Wildman–Crippen LogP) is 4.94. The Kier molecular flexibility index (Phi) is 4.34. The fourth-order valence-electron chi connectivity index (χ4n) is 4.58. The number of oxime groups is 1. The number of benzene rings is 2. The molecule has 1 aliphatic carbocycles. The molecule has 1 aliphatic heterocycles. The van der Waals surface area contributed by atoms with E-state index in [1.54, 1.807) is 0 Å². The molecule has 0 radical (unpaired) electrons. The van der Waals surface area contributed by atoms with Gasteiger partial charge in [-0.3, -0.25) is 0 Å². The highest BCUT2D eigenvalue weighted by Gasteiger charge is 2.45. The molecule has 2 fully saturated rings. The van der Waals surface area contributed by atoms with Crippen LogP contribution in [0.1, 0.15) is 53.6 Å². The van der Waals surface area contributed by atoms with Gasteiger partial charge in [-0.1, -0.05) is 71.2 Å². The van der Waals surface area contributed by atoms with E-state index >= 15 is 0 Å². The van der Waals surface area contributed by atoms with Gasteiger partial charge in [0.05, 0.1) is 5.71 Å². The lowest BCUT2D eigenvalue weighted by molar-refractivity contribution is 0.214. The summed E-state index contributed by atoms with van der Waals surface area (Å²) in [5.74, 6) is 0.571. The lowest BCUT2D eigenvalue weighted by atomic mass is 9.67. The molecular formula is C22H26N2O. The first-order chi connectivity index (χ1) is 12.2. The summed E-state index contributed by atoms with van der Waals surface area (Å²) in [7, 11) is 0. The topological polar surface area (TPSA) is 44.6 Å². The molecule has 1 saturated carbocycles. The minimum Gasteiger partial charge on any atom is -0.411 e. The molecule has 3 heteroatoms. The Labute approximate surface area is 149 Å². The van der Waals surface area contributed by atoms with Crippen molar-refractivity contribution in [3.63, 3.8) is 0 Å². The van der Waals surface area contributed by atoms with Crippen molar-refractivity contribution in [2.24, 2.45) is 17.0 Å². The molecule has 2 aromatic rings. The van der Waals surface area contributed by atoms with Crippen LogP contribution in [0.4, 0.5) is 0 Å². The van der Waals surface area contributed by atoms with E-state index < -0.39 is 0 Å². The third kappa shape index (κ3) is 2.98. The number of nitrogens with one attached hydrogen (secondary N) is 1. The minimum atomic E-state index is 0.203. The van der Waals surface area contributed by atoms with Gasteiger partial charge in [-0.05, 0) is 37.8 Å². The molecule has 4 rings (SSSR count). The Morgan fingerprint density at radius 1 is 0.800 bits per heavy atom. The number of hydrogen-bond donors (Lipinski definition) is 2. The number of hydrogen-bond acceptors (Lipinski definition) is 3. The monoisotopic (exact) mass is 334 g/mol. The van der Waals surface area contributed by atoms with Gasteiger partial charge < -0.3 is 10.5 Å². The van der Waals surface area contributed by atoms with Gasteiger partial charge in [0, 0.05) is 23.9 Å². The van der Waals surface area contributed by atoms with Gasteiger partial charge in [0.1, 0.15) is 0 Å². The van der Waals surface area contributed by atoms with Gasteiger partial charge in [0.2, 0.25) is 0 Å². The Balaban J connectivity index is 1.74. The molecule has 2 aliphatic rings. The summed E-state index contributed by atoms with van der Waals surface area (Å²) in [5.41, 5.74) is 6.10. The summed E-state index contributed by atoms with van der Waals surface area (Å²) < 4.78 is 0. The number of rotatable bonds is 2. The summed E-state index contributed by atoms with van der Waals surface area (Å²) in [4.78, 5) is 0. The van der Waals surface area contributed by atoms with Crippen molar-refractivity contribution in [1.82, 2.24) is 5.32 Å². The van der Waals surface area contributed by atoms with Crippen LogP contribution in [0.3, 0.4) is 0 Å². The fourth-order valence-corrected chi connectivity index (χ4v) is 4.58. The SMILES string of the molecule is Cc1ccc(C2NC(c3ccc(C)cc3)C3CCCC2C3=NO)cc1. The van der Waals surface area contributed by atoms with E-state index in [2.05, 4.69) is 72.9 Å². The van der Waals surface area contributed by atoms with Crippen molar-refractivity contribution in [3.8, 4) is 0 Å². The second-order valence-electron chi connectivity index (χ2n) is 7.61. The molecule has 3 nitrogen and oxygen atoms in total. The van der Waals surface area contributed by atoms with Crippen LogP contribution in [-0.2, 0) is 0 Å². The molecule has 0 spiro atoms. The smallest absolute Gasteiger partial charge is 0.0670 e. The zero-order valence-electron chi connectivity index (χ0n) is 14.9. The first-order valence-electron chi connectivity index (χ1n) is 9.28. The minimum absolute atomic E-state index is 0.203. The maximum atomic E-state index is 9.77. The van der Waals surface area contributed by atoms with Crippen LogP contribution >= 0.6 is 0 Å². The van der Waals surface area contributed by atoms with Crippen LogP contribution in [0.2, 0.25) is 0 Å². The number of nitrogens with zero attached hydrogens (tertiary/aromatic N) is 1. The molecule has 2 aromatic carbocycles. The standard InChI is InChI=1S/C22H26N2O/c1-14-6-10-16(11-7-14)20-18-4-3-5-19(22(18)24-25)21(23-20)17-12-8-15(2)9-13-17/h6-13,18-21,23,25H,3-5H2,1-2H3. The van der Waals surface area contributed by atoms with Gasteiger partial charge in [-0.15, -0.1) is 0 Å². The third-order valence-electron chi connectivity index (χ3n) is 5.94. The first-order valence-corrected chi connectivity index (χ1v) is 9.28. The van der Waals surface area contributed by atoms with Crippen molar-refractivity contribution >= 4 is 5.71 Å². The molecule has 1 saturated heterocycles. The third-order valence-corrected chi connectivity index (χ3v) is 5.94. The van der Waals surface area contributed by atoms with Gasteiger partial charge >= 0.3 is 0 Å². The average molecular weight is 334 g/mol. The number of fused-ring (bicyclic) bond motifs is 2. The summed E-state index contributed by atoms with van der Waals surface area (Å²) in [6.45, 7) is 4.23. The molecule has 0 amide bonds. The first kappa shape index (κ1) is 16.3. The van der Waals surface area contributed by atoms with Crippen molar-refractivity contribution in [2.45, 2.75) is 45.2 Å². The predicted molar refractivity (Wildman–Crippen MR) is 101 cm³/mol. The lowest BCUT2D eigenvalue weighted by Crippen LogP contribution is -2.50. The molecule has 25 heavy (non-hydrogen) atoms. The second-order valence-corrected chi connectivity index (χ2v) is 7.61. The molecule has 4 unspecified atom stereocenters.